The van der Waals surface area contributed by atoms with Gasteiger partial charge in [0.1, 0.15) is 12.6 Å². The molecule has 5 nitrogen and oxygen atoms in total. The summed E-state index contributed by atoms with van der Waals surface area (Å²) >= 11 is 0. The number of carboxylic acids is 1. The van der Waals surface area contributed by atoms with Crippen LogP contribution in [0.5, 0.6) is 11.5 Å². The van der Waals surface area contributed by atoms with Gasteiger partial charge in [0.25, 0.3) is 0 Å². The van der Waals surface area contributed by atoms with Crippen LogP contribution in [-0.2, 0) is 11.4 Å². The summed E-state index contributed by atoms with van der Waals surface area (Å²) in [5.74, 6) is 0.574. The predicted octanol–water partition coefficient (Wildman–Crippen LogP) is 7.36. The third-order valence-corrected chi connectivity index (χ3v) is 7.31. The lowest BCUT2D eigenvalue weighted by atomic mass is 9.90. The maximum atomic E-state index is 12.3. The van der Waals surface area contributed by atoms with Gasteiger partial charge >= 0.3 is 5.97 Å². The molecule has 0 spiro atoms. The highest BCUT2D eigenvalue weighted by molar-refractivity contribution is 5.74. The molecule has 4 aromatic carbocycles. The summed E-state index contributed by atoms with van der Waals surface area (Å²) < 4.78 is 12.2. The summed E-state index contributed by atoms with van der Waals surface area (Å²) in [6, 6.07) is 34.1. The molecule has 2 unspecified atom stereocenters. The largest absolute Gasteiger partial charge is 0.490 e. The lowest BCUT2D eigenvalue weighted by molar-refractivity contribution is -0.145. The van der Waals surface area contributed by atoms with Crippen molar-refractivity contribution < 1.29 is 19.4 Å². The van der Waals surface area contributed by atoms with Gasteiger partial charge in [-0.15, -0.1) is 0 Å². The topological polar surface area (TPSA) is 59.0 Å². The van der Waals surface area contributed by atoms with Crippen LogP contribution in [0.25, 0.3) is 11.1 Å². The Labute approximate surface area is 230 Å². The SMILES string of the molecule is CCOc1cc(C(c2ccc(-c3ccccc3)cc2)N2CCCCC2C(=O)O)ccc1OCc1ccccc1. The maximum absolute atomic E-state index is 12.3. The van der Waals surface area contributed by atoms with Gasteiger partial charge < -0.3 is 14.6 Å². The molecule has 0 amide bonds. The van der Waals surface area contributed by atoms with Gasteiger partial charge in [0, 0.05) is 0 Å². The molecule has 5 rings (SSSR count). The second kappa shape index (κ2) is 12.6. The molecule has 1 aliphatic rings. The molecule has 1 saturated heterocycles. The Hall–Kier alpha value is -4.09. The van der Waals surface area contributed by atoms with Crippen LogP contribution in [0.15, 0.2) is 103 Å². The van der Waals surface area contributed by atoms with Crippen LogP contribution in [0.2, 0.25) is 0 Å². The Bertz CT molecular complexity index is 1360. The number of likely N-dealkylation sites (tertiary alicyclic amines) is 1. The van der Waals surface area contributed by atoms with E-state index < -0.39 is 12.0 Å². The van der Waals surface area contributed by atoms with Crippen molar-refractivity contribution >= 4 is 5.97 Å². The lowest BCUT2D eigenvalue weighted by Crippen LogP contribution is -2.46. The lowest BCUT2D eigenvalue weighted by Gasteiger charge is -2.39. The Morgan fingerprint density at radius 2 is 1.49 bits per heavy atom. The summed E-state index contributed by atoms with van der Waals surface area (Å²) in [4.78, 5) is 14.5. The molecule has 1 fully saturated rings. The predicted molar refractivity (Wildman–Crippen MR) is 154 cm³/mol. The van der Waals surface area contributed by atoms with Gasteiger partial charge in [-0.3, -0.25) is 9.69 Å². The van der Waals surface area contributed by atoms with E-state index in [0.29, 0.717) is 31.1 Å². The fourth-order valence-corrected chi connectivity index (χ4v) is 5.41. The molecule has 200 valence electrons. The number of hydrogen-bond acceptors (Lipinski definition) is 4. The minimum absolute atomic E-state index is 0.224. The molecule has 0 aliphatic carbocycles. The molecule has 1 heterocycles. The normalized spacial score (nSPS) is 16.4. The van der Waals surface area contributed by atoms with Crippen LogP contribution in [0.3, 0.4) is 0 Å². The van der Waals surface area contributed by atoms with E-state index in [9.17, 15) is 9.90 Å². The molecule has 1 N–H and O–H groups in total. The standard InChI is InChI=1S/C34H35NO4/c1-2-38-32-23-29(20-21-31(32)39-24-25-11-5-3-6-12-25)33(35-22-10-9-15-30(35)34(36)37)28-18-16-27(17-19-28)26-13-7-4-8-14-26/h3-8,11-14,16-21,23,30,33H,2,9-10,15,22,24H2,1H3,(H,36,37). The van der Waals surface area contributed by atoms with Gasteiger partial charge in [0.05, 0.1) is 12.6 Å². The summed E-state index contributed by atoms with van der Waals surface area (Å²) in [5.41, 5.74) is 5.42. The molecule has 1 aliphatic heterocycles. The first-order chi connectivity index (χ1) is 19.1. The van der Waals surface area contributed by atoms with Crippen molar-refractivity contribution in [1.82, 2.24) is 4.90 Å². The van der Waals surface area contributed by atoms with Crippen LogP contribution in [0.1, 0.15) is 48.9 Å². The number of aliphatic carboxylic acids is 1. The van der Waals surface area contributed by atoms with E-state index in [1.807, 2.05) is 73.7 Å². The van der Waals surface area contributed by atoms with Gasteiger partial charge in [0.2, 0.25) is 0 Å². The van der Waals surface area contributed by atoms with Crippen molar-refractivity contribution in [1.29, 1.82) is 0 Å². The molecule has 0 aromatic heterocycles. The first-order valence-corrected chi connectivity index (χ1v) is 13.7. The Kier molecular flexibility index (Phi) is 8.59. The summed E-state index contributed by atoms with van der Waals surface area (Å²) in [6.45, 7) is 3.62. The van der Waals surface area contributed by atoms with E-state index in [1.165, 1.54) is 0 Å². The number of carbonyl (C=O) groups is 1. The van der Waals surface area contributed by atoms with E-state index in [-0.39, 0.29) is 6.04 Å². The van der Waals surface area contributed by atoms with Gasteiger partial charge in [0.15, 0.2) is 11.5 Å². The van der Waals surface area contributed by atoms with Gasteiger partial charge in [-0.2, -0.15) is 0 Å². The molecule has 4 aromatic rings. The number of carboxylic acid groups (broad SMARTS) is 1. The quantitative estimate of drug-likeness (QED) is 0.236. The van der Waals surface area contributed by atoms with Crippen molar-refractivity contribution in [3.8, 4) is 22.6 Å². The van der Waals surface area contributed by atoms with Crippen molar-refractivity contribution in [3.63, 3.8) is 0 Å². The summed E-state index contributed by atoms with van der Waals surface area (Å²) in [6.07, 6.45) is 2.53. The van der Waals surface area contributed by atoms with Crippen LogP contribution in [0.4, 0.5) is 0 Å². The van der Waals surface area contributed by atoms with E-state index in [2.05, 4.69) is 41.3 Å². The monoisotopic (exact) mass is 521 g/mol. The average Bonchev–Trinajstić information content (AvgIpc) is 2.98. The van der Waals surface area contributed by atoms with Crippen LogP contribution < -0.4 is 9.47 Å². The Morgan fingerprint density at radius 1 is 0.821 bits per heavy atom. The fraction of sp³-hybridized carbons (Fsp3) is 0.265. The zero-order valence-corrected chi connectivity index (χ0v) is 22.3. The van der Waals surface area contributed by atoms with E-state index >= 15 is 0 Å². The first kappa shape index (κ1) is 26.5. The average molecular weight is 522 g/mol. The summed E-state index contributed by atoms with van der Waals surface area (Å²) in [5, 5.41) is 10.1. The van der Waals surface area contributed by atoms with Gasteiger partial charge in [-0.1, -0.05) is 97.4 Å². The summed E-state index contributed by atoms with van der Waals surface area (Å²) in [7, 11) is 0. The number of ether oxygens (including phenoxy) is 2. The van der Waals surface area contributed by atoms with Gasteiger partial charge in [-0.05, 0) is 66.3 Å². The van der Waals surface area contributed by atoms with Crippen LogP contribution in [0, 0.1) is 0 Å². The third-order valence-electron chi connectivity index (χ3n) is 7.31. The number of piperidine rings is 1. The van der Waals surface area contributed by atoms with E-state index in [0.717, 1.165) is 47.2 Å². The number of hydrogen-bond donors (Lipinski definition) is 1. The van der Waals surface area contributed by atoms with Crippen LogP contribution >= 0.6 is 0 Å². The Balaban J connectivity index is 1.51. The second-order valence-electron chi connectivity index (χ2n) is 9.89. The number of rotatable bonds is 10. The molecule has 0 radical (unpaired) electrons. The van der Waals surface area contributed by atoms with Crippen molar-refractivity contribution in [2.45, 2.75) is 44.9 Å². The third kappa shape index (κ3) is 6.32. The fourth-order valence-electron chi connectivity index (χ4n) is 5.41. The zero-order valence-electron chi connectivity index (χ0n) is 22.3. The van der Waals surface area contributed by atoms with Crippen molar-refractivity contribution in [2.75, 3.05) is 13.2 Å². The highest BCUT2D eigenvalue weighted by atomic mass is 16.5. The highest BCUT2D eigenvalue weighted by Crippen LogP contribution is 2.39. The molecule has 0 bridgehead atoms. The molecular formula is C34H35NO4. The maximum Gasteiger partial charge on any atom is 0.320 e. The molecule has 5 heteroatoms. The number of nitrogens with zero attached hydrogens (tertiary/aromatic N) is 1. The van der Waals surface area contributed by atoms with Gasteiger partial charge in [-0.25, -0.2) is 0 Å². The number of benzene rings is 4. The van der Waals surface area contributed by atoms with Crippen molar-refractivity contribution in [3.05, 3.63) is 120 Å². The van der Waals surface area contributed by atoms with E-state index in [1.54, 1.807) is 0 Å². The molecular weight excluding hydrogens is 486 g/mol. The first-order valence-electron chi connectivity index (χ1n) is 13.7. The minimum atomic E-state index is -0.770. The second-order valence-corrected chi connectivity index (χ2v) is 9.89. The Morgan fingerprint density at radius 3 is 2.18 bits per heavy atom. The molecule has 2 atom stereocenters. The smallest absolute Gasteiger partial charge is 0.320 e. The van der Waals surface area contributed by atoms with E-state index in [4.69, 9.17) is 9.47 Å². The van der Waals surface area contributed by atoms with Crippen molar-refractivity contribution in [2.24, 2.45) is 0 Å². The molecule has 39 heavy (non-hydrogen) atoms. The van der Waals surface area contributed by atoms with Crippen LogP contribution in [-0.4, -0.2) is 35.2 Å². The zero-order chi connectivity index (χ0) is 27.0. The minimum Gasteiger partial charge on any atom is -0.490 e. The highest BCUT2D eigenvalue weighted by Gasteiger charge is 2.35. The molecule has 0 saturated carbocycles.